The monoisotopic (exact) mass is 482 g/mol. The summed E-state index contributed by atoms with van der Waals surface area (Å²) in [6, 6.07) is 9.65. The zero-order chi connectivity index (χ0) is 22.1. The maximum absolute atomic E-state index is 13.0. The molecule has 168 valence electrons. The molecule has 1 aromatic heterocycles. The summed E-state index contributed by atoms with van der Waals surface area (Å²) in [5.74, 6) is -0.355. The van der Waals surface area contributed by atoms with Gasteiger partial charge in [0.1, 0.15) is 0 Å². The topological polar surface area (TPSA) is 91.8 Å². The van der Waals surface area contributed by atoms with Gasteiger partial charge in [-0.1, -0.05) is 12.5 Å². The molecule has 2 fully saturated rings. The quantitative estimate of drug-likeness (QED) is 0.668. The third kappa shape index (κ3) is 4.72. The second kappa shape index (κ2) is 9.01. The molecule has 2 saturated heterocycles. The number of nitrogens with zero attached hydrogens (tertiary/aromatic N) is 2. The van der Waals surface area contributed by atoms with Gasteiger partial charge in [-0.15, -0.1) is 11.3 Å². The summed E-state index contributed by atoms with van der Waals surface area (Å²) >= 11 is 1.42. The predicted octanol–water partition coefficient (Wildman–Crippen LogP) is 2.92. The molecule has 0 spiro atoms. The fraction of sp³-hybridized carbons (Fsp3) is 0.476. The highest BCUT2D eigenvalue weighted by Gasteiger charge is 2.33. The molecule has 0 radical (unpaired) electrons. The molecule has 1 unspecified atom stereocenters. The zero-order valence-corrected chi connectivity index (χ0v) is 19.6. The van der Waals surface area contributed by atoms with E-state index in [0.29, 0.717) is 31.6 Å². The highest BCUT2D eigenvalue weighted by Crippen LogP contribution is 2.32. The van der Waals surface area contributed by atoms with Gasteiger partial charge in [0.05, 0.1) is 15.9 Å². The van der Waals surface area contributed by atoms with Crippen LogP contribution in [-0.2, 0) is 19.9 Å². The molecule has 0 saturated carbocycles. The number of hydrogen-bond acceptors (Lipinski definition) is 6. The highest BCUT2D eigenvalue weighted by atomic mass is 32.2. The maximum Gasteiger partial charge on any atom is 0.253 e. The summed E-state index contributed by atoms with van der Waals surface area (Å²) in [6.45, 7) is 1.53. The molecule has 2 aliphatic rings. The normalized spacial score (nSPS) is 22.7. The Morgan fingerprint density at radius 2 is 1.68 bits per heavy atom. The molecule has 31 heavy (non-hydrogen) atoms. The van der Waals surface area contributed by atoms with Gasteiger partial charge in [-0.05, 0) is 55.0 Å². The predicted molar refractivity (Wildman–Crippen MR) is 120 cm³/mol. The zero-order valence-electron chi connectivity index (χ0n) is 17.1. The summed E-state index contributed by atoms with van der Waals surface area (Å²) in [5, 5.41) is 1.28. The third-order valence-electron chi connectivity index (χ3n) is 5.94. The number of sulfonamides is 1. The van der Waals surface area contributed by atoms with Crippen molar-refractivity contribution in [1.82, 2.24) is 9.21 Å². The number of sulfone groups is 1. The van der Waals surface area contributed by atoms with E-state index in [4.69, 9.17) is 0 Å². The molecule has 10 heteroatoms. The van der Waals surface area contributed by atoms with Crippen molar-refractivity contribution < 1.29 is 21.6 Å². The SMILES string of the molecule is O=C(c1ccc(S(=O)(=O)N2CCCCC2)cc1)N1CCC(c2cccs2)S(=O)(=O)CC1. The summed E-state index contributed by atoms with van der Waals surface area (Å²) in [4.78, 5) is 15.5. The van der Waals surface area contributed by atoms with Crippen LogP contribution in [0, 0.1) is 0 Å². The Morgan fingerprint density at radius 3 is 2.32 bits per heavy atom. The molecule has 4 rings (SSSR count). The van der Waals surface area contributed by atoms with E-state index in [2.05, 4.69) is 0 Å². The Labute approximate surface area is 187 Å². The lowest BCUT2D eigenvalue weighted by atomic mass is 10.2. The number of benzene rings is 1. The van der Waals surface area contributed by atoms with Crippen LogP contribution < -0.4 is 0 Å². The molecule has 1 amide bonds. The van der Waals surface area contributed by atoms with Crippen LogP contribution in [0.15, 0.2) is 46.7 Å². The minimum Gasteiger partial charge on any atom is -0.338 e. The summed E-state index contributed by atoms with van der Waals surface area (Å²) < 4.78 is 52.5. The van der Waals surface area contributed by atoms with Gasteiger partial charge in [0, 0.05) is 36.6 Å². The first-order valence-electron chi connectivity index (χ1n) is 10.4. The fourth-order valence-corrected chi connectivity index (χ4v) is 8.67. The van der Waals surface area contributed by atoms with E-state index < -0.39 is 25.1 Å². The summed E-state index contributed by atoms with van der Waals surface area (Å²) in [5.41, 5.74) is 0.365. The molecule has 1 aromatic carbocycles. The molecule has 2 aliphatic heterocycles. The van der Waals surface area contributed by atoms with Crippen molar-refractivity contribution >= 4 is 37.1 Å². The average molecular weight is 483 g/mol. The minimum atomic E-state index is -3.55. The number of hydrogen-bond donors (Lipinski definition) is 0. The smallest absolute Gasteiger partial charge is 0.253 e. The van der Waals surface area contributed by atoms with E-state index >= 15 is 0 Å². The standard InChI is InChI=1S/C21H26N2O5S3/c24-21(22-13-10-20(19-5-4-15-29-19)30(25,26)16-14-22)17-6-8-18(9-7-17)31(27,28)23-11-2-1-3-12-23/h4-9,15,20H,1-3,10-14,16H2. The van der Waals surface area contributed by atoms with Crippen molar-refractivity contribution in [2.75, 3.05) is 31.9 Å². The first-order valence-corrected chi connectivity index (χ1v) is 14.5. The Morgan fingerprint density at radius 1 is 0.968 bits per heavy atom. The van der Waals surface area contributed by atoms with Crippen LogP contribution in [0.2, 0.25) is 0 Å². The van der Waals surface area contributed by atoms with Crippen molar-refractivity contribution in [3.63, 3.8) is 0 Å². The highest BCUT2D eigenvalue weighted by molar-refractivity contribution is 7.91. The van der Waals surface area contributed by atoms with Gasteiger partial charge in [-0.3, -0.25) is 4.79 Å². The van der Waals surface area contributed by atoms with Crippen molar-refractivity contribution in [2.45, 2.75) is 35.8 Å². The molecule has 2 aromatic rings. The molecule has 0 aliphatic carbocycles. The number of carbonyl (C=O) groups is 1. The van der Waals surface area contributed by atoms with Gasteiger partial charge < -0.3 is 4.90 Å². The Bertz CT molecular complexity index is 1120. The fourth-order valence-electron chi connectivity index (χ4n) is 4.15. The first kappa shape index (κ1) is 22.4. The largest absolute Gasteiger partial charge is 0.338 e. The van der Waals surface area contributed by atoms with E-state index in [1.165, 1.54) is 39.9 Å². The van der Waals surface area contributed by atoms with Crippen LogP contribution in [-0.4, -0.2) is 63.9 Å². The van der Waals surface area contributed by atoms with E-state index in [0.717, 1.165) is 24.1 Å². The van der Waals surface area contributed by atoms with Gasteiger partial charge in [-0.2, -0.15) is 4.31 Å². The van der Waals surface area contributed by atoms with Crippen LogP contribution >= 0.6 is 11.3 Å². The Hall–Kier alpha value is -1.75. The Kier molecular flexibility index (Phi) is 6.52. The molecule has 7 nitrogen and oxygen atoms in total. The lowest BCUT2D eigenvalue weighted by molar-refractivity contribution is 0.0766. The van der Waals surface area contributed by atoms with Gasteiger partial charge in [0.25, 0.3) is 5.91 Å². The van der Waals surface area contributed by atoms with Gasteiger partial charge in [-0.25, -0.2) is 16.8 Å². The number of rotatable bonds is 4. The van der Waals surface area contributed by atoms with Gasteiger partial charge in [0.2, 0.25) is 10.0 Å². The second-order valence-electron chi connectivity index (χ2n) is 7.94. The van der Waals surface area contributed by atoms with Gasteiger partial charge in [0.15, 0.2) is 9.84 Å². The number of carbonyl (C=O) groups excluding carboxylic acids is 1. The van der Waals surface area contributed by atoms with Crippen molar-refractivity contribution in [2.24, 2.45) is 0 Å². The van der Waals surface area contributed by atoms with Crippen LogP contribution in [0.25, 0.3) is 0 Å². The summed E-state index contributed by atoms with van der Waals surface area (Å²) in [7, 11) is -6.89. The molecular formula is C21H26N2O5S3. The number of amides is 1. The molecule has 0 bridgehead atoms. The lowest BCUT2D eigenvalue weighted by Gasteiger charge is -2.26. The van der Waals surface area contributed by atoms with E-state index in [1.807, 2.05) is 17.5 Å². The molecular weight excluding hydrogens is 456 g/mol. The summed E-state index contributed by atoms with van der Waals surface area (Å²) in [6.07, 6.45) is 3.12. The van der Waals surface area contributed by atoms with Crippen LogP contribution in [0.4, 0.5) is 0 Å². The lowest BCUT2D eigenvalue weighted by Crippen LogP contribution is -2.35. The van der Waals surface area contributed by atoms with E-state index in [-0.39, 0.29) is 23.1 Å². The van der Waals surface area contributed by atoms with Crippen LogP contribution in [0.3, 0.4) is 0 Å². The minimum absolute atomic E-state index is 0.0806. The van der Waals surface area contributed by atoms with Gasteiger partial charge >= 0.3 is 0 Å². The molecule has 3 heterocycles. The second-order valence-corrected chi connectivity index (χ2v) is 13.2. The van der Waals surface area contributed by atoms with Crippen molar-refractivity contribution in [3.05, 3.63) is 52.2 Å². The number of piperidine rings is 1. The average Bonchev–Trinajstić information content (AvgIpc) is 3.25. The molecule has 0 N–H and O–H groups in total. The van der Waals surface area contributed by atoms with E-state index in [1.54, 1.807) is 4.90 Å². The number of thiophene rings is 1. The first-order chi connectivity index (χ1) is 14.8. The van der Waals surface area contributed by atoms with Crippen molar-refractivity contribution in [1.29, 1.82) is 0 Å². The maximum atomic E-state index is 13.0. The van der Waals surface area contributed by atoms with Crippen molar-refractivity contribution in [3.8, 4) is 0 Å². The third-order valence-corrected chi connectivity index (χ3v) is 11.1. The van der Waals surface area contributed by atoms with E-state index in [9.17, 15) is 21.6 Å². The van der Waals surface area contributed by atoms with Crippen LogP contribution in [0.1, 0.15) is 46.2 Å². The Balaban J connectivity index is 1.48. The molecule has 1 atom stereocenters. The van der Waals surface area contributed by atoms with Crippen LogP contribution in [0.5, 0.6) is 0 Å².